The lowest BCUT2D eigenvalue weighted by atomic mass is 10.1. The van der Waals surface area contributed by atoms with Crippen molar-refractivity contribution in [3.63, 3.8) is 0 Å². The smallest absolute Gasteiger partial charge is 0.230 e. The number of aromatic nitrogens is 3. The summed E-state index contributed by atoms with van der Waals surface area (Å²) in [6.45, 7) is 6.05. The minimum Gasteiger partial charge on any atom is -0.484 e. The molecule has 3 rings (SSSR count). The molecule has 0 radical (unpaired) electrons. The monoisotopic (exact) mass is 430 g/mol. The Balaban J connectivity index is 1.80. The van der Waals surface area contributed by atoms with Gasteiger partial charge in [0.2, 0.25) is 5.91 Å². The van der Waals surface area contributed by atoms with E-state index < -0.39 is 0 Å². The first-order valence-electron chi connectivity index (χ1n) is 9.14. The first-order chi connectivity index (χ1) is 13.8. The normalized spacial score (nSPS) is 11.3. The average Bonchev–Trinajstić information content (AvgIpc) is 3.08. The third-order valence-corrected chi connectivity index (χ3v) is 5.00. The number of carbonyl (C=O) groups is 1. The Labute approximate surface area is 179 Å². The molecule has 0 spiro atoms. The van der Waals surface area contributed by atoms with Crippen LogP contribution in [0.2, 0.25) is 5.02 Å². The molecule has 0 aliphatic heterocycles. The number of halogens is 1. The summed E-state index contributed by atoms with van der Waals surface area (Å²) in [6.07, 6.45) is 0. The van der Waals surface area contributed by atoms with E-state index in [1.807, 2.05) is 67.8 Å². The van der Waals surface area contributed by atoms with Gasteiger partial charge in [0.15, 0.2) is 11.0 Å². The second-order valence-electron chi connectivity index (χ2n) is 7.38. The molecule has 0 saturated heterocycles. The lowest BCUT2D eigenvalue weighted by Gasteiger charge is -2.20. The second-order valence-corrected chi connectivity index (χ2v) is 8.73. The SMILES string of the molecule is CC(C)(C)NC(=O)CSc1nnc(COc2ccccc2Cl)n1-c1ccccc1. The summed E-state index contributed by atoms with van der Waals surface area (Å²) in [5.41, 5.74) is 0.618. The number of hydrogen-bond acceptors (Lipinski definition) is 5. The van der Waals surface area contributed by atoms with E-state index in [9.17, 15) is 4.79 Å². The van der Waals surface area contributed by atoms with E-state index >= 15 is 0 Å². The molecule has 6 nitrogen and oxygen atoms in total. The van der Waals surface area contributed by atoms with Crippen molar-refractivity contribution in [3.05, 3.63) is 65.4 Å². The standard InChI is InChI=1S/C21H23ClN4O2S/c1-21(2,3)23-19(27)14-29-20-25-24-18(26(20)15-9-5-4-6-10-15)13-28-17-12-8-7-11-16(17)22/h4-12H,13-14H2,1-3H3,(H,23,27). The Morgan fingerprint density at radius 3 is 2.48 bits per heavy atom. The number of nitrogens with zero attached hydrogens (tertiary/aromatic N) is 3. The minimum atomic E-state index is -0.279. The Kier molecular flexibility index (Phi) is 6.82. The Bertz CT molecular complexity index is 970. The highest BCUT2D eigenvalue weighted by molar-refractivity contribution is 7.99. The molecule has 3 aromatic rings. The summed E-state index contributed by atoms with van der Waals surface area (Å²) in [5, 5.41) is 12.7. The number of carbonyl (C=O) groups excluding carboxylic acids is 1. The highest BCUT2D eigenvalue weighted by Crippen LogP contribution is 2.26. The second kappa shape index (κ2) is 9.33. The Morgan fingerprint density at radius 1 is 1.10 bits per heavy atom. The molecule has 152 valence electrons. The number of rotatable bonds is 7. The van der Waals surface area contributed by atoms with Crippen molar-refractivity contribution in [2.45, 2.75) is 38.1 Å². The van der Waals surface area contributed by atoms with Crippen LogP contribution in [0.4, 0.5) is 0 Å². The zero-order valence-corrected chi connectivity index (χ0v) is 18.1. The molecule has 0 unspecified atom stereocenters. The van der Waals surface area contributed by atoms with Crippen molar-refractivity contribution in [1.29, 1.82) is 0 Å². The first kappa shape index (κ1) is 21.2. The highest BCUT2D eigenvalue weighted by Gasteiger charge is 2.18. The molecule has 1 N–H and O–H groups in total. The number of thioether (sulfide) groups is 1. The third-order valence-electron chi connectivity index (χ3n) is 3.75. The predicted molar refractivity (Wildman–Crippen MR) is 116 cm³/mol. The van der Waals surface area contributed by atoms with Gasteiger partial charge in [0, 0.05) is 11.2 Å². The van der Waals surface area contributed by atoms with Gasteiger partial charge in [-0.25, -0.2) is 0 Å². The average molecular weight is 431 g/mol. The number of hydrogen-bond donors (Lipinski definition) is 1. The van der Waals surface area contributed by atoms with Crippen LogP contribution in [0.5, 0.6) is 5.75 Å². The minimum absolute atomic E-state index is 0.0565. The summed E-state index contributed by atoms with van der Waals surface area (Å²) in [5.74, 6) is 1.39. The van der Waals surface area contributed by atoms with Crippen LogP contribution < -0.4 is 10.1 Å². The predicted octanol–water partition coefficient (Wildman–Crippen LogP) is 4.51. The molecule has 0 bridgehead atoms. The molecule has 29 heavy (non-hydrogen) atoms. The number of para-hydroxylation sites is 2. The van der Waals surface area contributed by atoms with E-state index in [4.69, 9.17) is 16.3 Å². The summed E-state index contributed by atoms with van der Waals surface area (Å²) >= 11 is 7.51. The molecule has 0 aliphatic carbocycles. The largest absolute Gasteiger partial charge is 0.484 e. The van der Waals surface area contributed by atoms with Crippen LogP contribution in [0.15, 0.2) is 59.8 Å². The summed E-state index contributed by atoms with van der Waals surface area (Å²) < 4.78 is 7.74. The topological polar surface area (TPSA) is 69.0 Å². The maximum atomic E-state index is 12.2. The fourth-order valence-electron chi connectivity index (χ4n) is 2.61. The van der Waals surface area contributed by atoms with Gasteiger partial charge in [0.05, 0.1) is 10.8 Å². The van der Waals surface area contributed by atoms with Gasteiger partial charge < -0.3 is 10.1 Å². The van der Waals surface area contributed by atoms with Crippen molar-refractivity contribution in [2.75, 3.05) is 5.75 Å². The highest BCUT2D eigenvalue weighted by atomic mass is 35.5. The third kappa shape index (κ3) is 5.98. The number of nitrogens with one attached hydrogen (secondary N) is 1. The van der Waals surface area contributed by atoms with E-state index in [0.717, 1.165) is 5.69 Å². The van der Waals surface area contributed by atoms with Crippen molar-refractivity contribution < 1.29 is 9.53 Å². The molecule has 0 saturated carbocycles. The Hall–Kier alpha value is -2.51. The van der Waals surface area contributed by atoms with Gasteiger partial charge in [-0.15, -0.1) is 10.2 Å². The van der Waals surface area contributed by atoms with Crippen LogP contribution in [-0.2, 0) is 11.4 Å². The van der Waals surface area contributed by atoms with E-state index in [0.29, 0.717) is 21.8 Å². The van der Waals surface area contributed by atoms with E-state index in [2.05, 4.69) is 15.5 Å². The van der Waals surface area contributed by atoms with Crippen molar-refractivity contribution in [3.8, 4) is 11.4 Å². The molecular weight excluding hydrogens is 408 g/mol. The molecule has 2 aromatic carbocycles. The van der Waals surface area contributed by atoms with Crippen LogP contribution in [-0.4, -0.2) is 32.0 Å². The zero-order chi connectivity index (χ0) is 20.9. The number of benzene rings is 2. The van der Waals surface area contributed by atoms with E-state index in [1.54, 1.807) is 12.1 Å². The molecule has 8 heteroatoms. The summed E-state index contributed by atoms with van der Waals surface area (Å²) in [4.78, 5) is 12.2. The van der Waals surface area contributed by atoms with Gasteiger partial charge in [-0.3, -0.25) is 9.36 Å². The molecule has 0 aliphatic rings. The van der Waals surface area contributed by atoms with Gasteiger partial charge in [-0.1, -0.05) is 53.7 Å². The summed E-state index contributed by atoms with van der Waals surface area (Å²) in [7, 11) is 0. The Morgan fingerprint density at radius 2 is 1.79 bits per heavy atom. The van der Waals surface area contributed by atoms with Crippen LogP contribution in [0.1, 0.15) is 26.6 Å². The molecule has 1 heterocycles. The summed E-state index contributed by atoms with van der Waals surface area (Å²) in [6, 6.07) is 17.0. The van der Waals surface area contributed by atoms with Crippen LogP contribution in [0, 0.1) is 0 Å². The lowest BCUT2D eigenvalue weighted by Crippen LogP contribution is -2.41. The number of ether oxygens (including phenoxy) is 1. The molecule has 0 atom stereocenters. The van der Waals surface area contributed by atoms with Crippen molar-refractivity contribution in [2.24, 2.45) is 0 Å². The van der Waals surface area contributed by atoms with Gasteiger partial charge in [-0.2, -0.15) is 0 Å². The first-order valence-corrected chi connectivity index (χ1v) is 10.5. The lowest BCUT2D eigenvalue weighted by molar-refractivity contribution is -0.119. The zero-order valence-electron chi connectivity index (χ0n) is 16.6. The van der Waals surface area contributed by atoms with Crippen LogP contribution in [0.3, 0.4) is 0 Å². The van der Waals surface area contributed by atoms with E-state index in [1.165, 1.54) is 11.8 Å². The maximum Gasteiger partial charge on any atom is 0.230 e. The van der Waals surface area contributed by atoms with Crippen molar-refractivity contribution in [1.82, 2.24) is 20.1 Å². The fourth-order valence-corrected chi connectivity index (χ4v) is 3.57. The van der Waals surface area contributed by atoms with Gasteiger partial charge in [0.25, 0.3) is 0 Å². The quantitative estimate of drug-likeness (QED) is 0.558. The maximum absolute atomic E-state index is 12.2. The molecule has 1 amide bonds. The molecule has 1 aromatic heterocycles. The molecular formula is C21H23ClN4O2S. The van der Waals surface area contributed by atoms with E-state index in [-0.39, 0.29) is 23.8 Å². The van der Waals surface area contributed by atoms with Gasteiger partial charge in [0.1, 0.15) is 12.4 Å². The van der Waals surface area contributed by atoms with Gasteiger partial charge >= 0.3 is 0 Å². The van der Waals surface area contributed by atoms with Crippen LogP contribution >= 0.6 is 23.4 Å². The van der Waals surface area contributed by atoms with Gasteiger partial charge in [-0.05, 0) is 45.0 Å². The van der Waals surface area contributed by atoms with Crippen LogP contribution in [0.25, 0.3) is 5.69 Å². The fraction of sp³-hybridized carbons (Fsp3) is 0.286. The number of amides is 1. The molecule has 0 fully saturated rings. The van der Waals surface area contributed by atoms with Crippen molar-refractivity contribution >= 4 is 29.3 Å².